The van der Waals surface area contributed by atoms with Gasteiger partial charge in [0.2, 0.25) is 0 Å². The van der Waals surface area contributed by atoms with Crippen molar-refractivity contribution in [3.8, 4) is 0 Å². The summed E-state index contributed by atoms with van der Waals surface area (Å²) in [6.07, 6.45) is 1.69. The average molecular weight is 300 g/mol. The number of hydrogen-bond donors (Lipinski definition) is 0. The molecule has 2 rings (SSSR count). The molecule has 0 N–H and O–H groups in total. The Morgan fingerprint density at radius 2 is 2.05 bits per heavy atom. The number of halogens is 3. The molecule has 0 amide bonds. The van der Waals surface area contributed by atoms with Crippen LogP contribution in [0.25, 0.3) is 0 Å². The minimum absolute atomic E-state index is 0.105. The lowest BCUT2D eigenvalue weighted by atomic mass is 9.96. The molecule has 114 valence electrons. The van der Waals surface area contributed by atoms with Crippen LogP contribution < -0.4 is 0 Å². The molecule has 4 nitrogen and oxygen atoms in total. The zero-order valence-electron chi connectivity index (χ0n) is 11.3. The molecule has 0 bridgehead atoms. The molecule has 0 saturated heterocycles. The summed E-state index contributed by atoms with van der Waals surface area (Å²) < 4.78 is 37.9. The molecule has 1 aliphatic carbocycles. The Hall–Kier alpha value is -1.92. The third-order valence-electron chi connectivity index (χ3n) is 3.33. The predicted molar refractivity (Wildman–Crippen MR) is 68.6 cm³/mol. The van der Waals surface area contributed by atoms with Crippen LogP contribution >= 0.6 is 0 Å². The first kappa shape index (κ1) is 15.5. The molecule has 0 saturated carbocycles. The second kappa shape index (κ2) is 6.24. The lowest BCUT2D eigenvalue weighted by Gasteiger charge is -2.10. The van der Waals surface area contributed by atoms with E-state index in [-0.39, 0.29) is 12.2 Å². The Morgan fingerprint density at radius 1 is 1.29 bits per heavy atom. The van der Waals surface area contributed by atoms with E-state index in [2.05, 4.69) is 5.10 Å². The quantitative estimate of drug-likeness (QED) is 0.841. The molecule has 0 radical (unpaired) electrons. The summed E-state index contributed by atoms with van der Waals surface area (Å²) in [4.78, 5) is 23.8. The minimum Gasteiger partial charge on any atom is -0.295 e. The number of hydrogen-bond acceptors (Lipinski definition) is 3. The zero-order chi connectivity index (χ0) is 15.5. The van der Waals surface area contributed by atoms with Crippen molar-refractivity contribution in [3.63, 3.8) is 0 Å². The molecule has 1 heterocycles. The fourth-order valence-electron chi connectivity index (χ4n) is 2.19. The Labute approximate surface area is 119 Å². The summed E-state index contributed by atoms with van der Waals surface area (Å²) in [6, 6.07) is 0.742. The number of aromatic nitrogens is 2. The van der Waals surface area contributed by atoms with Gasteiger partial charge in [0, 0.05) is 18.2 Å². The van der Waals surface area contributed by atoms with Gasteiger partial charge in [-0.25, -0.2) is 4.68 Å². The second-order valence-corrected chi connectivity index (χ2v) is 4.97. The van der Waals surface area contributed by atoms with Crippen molar-refractivity contribution >= 4 is 11.7 Å². The van der Waals surface area contributed by atoms with E-state index in [0.29, 0.717) is 23.1 Å². The molecule has 7 heteroatoms. The van der Waals surface area contributed by atoms with Crippen molar-refractivity contribution in [1.82, 2.24) is 9.78 Å². The van der Waals surface area contributed by atoms with Gasteiger partial charge in [0.1, 0.15) is 0 Å². The van der Waals surface area contributed by atoms with Crippen LogP contribution in [-0.4, -0.2) is 21.5 Å². The van der Waals surface area contributed by atoms with Crippen LogP contribution in [0, 0.1) is 0 Å². The molecule has 0 aromatic carbocycles. The predicted octanol–water partition coefficient (Wildman–Crippen LogP) is 3.39. The number of carbonyl (C=O) groups is 2. The van der Waals surface area contributed by atoms with Gasteiger partial charge in [-0.3, -0.25) is 9.59 Å². The van der Waals surface area contributed by atoms with E-state index in [0.717, 1.165) is 31.5 Å². The largest absolute Gasteiger partial charge is 0.435 e. The van der Waals surface area contributed by atoms with Crippen molar-refractivity contribution in [3.05, 3.63) is 29.6 Å². The molecular formula is C14H15F3N2O2. The van der Waals surface area contributed by atoms with Gasteiger partial charge in [0.25, 0.3) is 5.91 Å². The van der Waals surface area contributed by atoms with E-state index in [4.69, 9.17) is 0 Å². The van der Waals surface area contributed by atoms with Crippen LogP contribution in [0.3, 0.4) is 0 Å². The average Bonchev–Trinajstić information content (AvgIpc) is 2.88. The third kappa shape index (κ3) is 4.03. The maximum atomic E-state index is 12.4. The number of alkyl halides is 3. The number of carbonyl (C=O) groups excluding carboxylic acids is 2. The number of allylic oxidation sites excluding steroid dienone is 2. The van der Waals surface area contributed by atoms with Crippen LogP contribution in [0.5, 0.6) is 0 Å². The minimum atomic E-state index is -4.58. The highest BCUT2D eigenvalue weighted by molar-refractivity contribution is 6.00. The first-order valence-electron chi connectivity index (χ1n) is 6.76. The number of Topliss-reactive ketones (excluding diaryl/α,β-unsaturated/α-hetero) is 1. The standard InChI is InChI=1S/C14H15F3N2O2/c15-14(16,17)12-7-8-19(18-12)13(21)9-10-5-3-1-2-4-6-11(10)20/h5,7-8H,1-4,6,9H2. The van der Waals surface area contributed by atoms with Crippen LogP contribution in [0.15, 0.2) is 23.9 Å². The van der Waals surface area contributed by atoms with Crippen molar-refractivity contribution in [2.75, 3.05) is 0 Å². The lowest BCUT2D eigenvalue weighted by Crippen LogP contribution is -2.17. The molecule has 1 aromatic rings. The topological polar surface area (TPSA) is 52.0 Å². The maximum absolute atomic E-state index is 12.4. The smallest absolute Gasteiger partial charge is 0.295 e. The van der Waals surface area contributed by atoms with E-state index in [9.17, 15) is 22.8 Å². The summed E-state index contributed by atoms with van der Waals surface area (Å²) in [7, 11) is 0. The Kier molecular flexibility index (Phi) is 4.59. The van der Waals surface area contributed by atoms with Crippen molar-refractivity contribution < 1.29 is 22.8 Å². The van der Waals surface area contributed by atoms with E-state index in [1.807, 2.05) is 0 Å². The van der Waals surface area contributed by atoms with Gasteiger partial charge >= 0.3 is 6.18 Å². The summed E-state index contributed by atoms with van der Waals surface area (Å²) in [5, 5.41) is 3.22. The van der Waals surface area contributed by atoms with E-state index in [1.165, 1.54) is 0 Å². The molecule has 21 heavy (non-hydrogen) atoms. The zero-order valence-corrected chi connectivity index (χ0v) is 11.3. The van der Waals surface area contributed by atoms with Crippen LogP contribution in [0.2, 0.25) is 0 Å². The van der Waals surface area contributed by atoms with Gasteiger partial charge < -0.3 is 0 Å². The SMILES string of the molecule is O=C1CCCCCC=C1CC(=O)n1ccc(C(F)(F)F)n1. The van der Waals surface area contributed by atoms with E-state index < -0.39 is 17.8 Å². The molecule has 0 spiro atoms. The first-order valence-corrected chi connectivity index (χ1v) is 6.76. The molecule has 0 atom stereocenters. The highest BCUT2D eigenvalue weighted by Gasteiger charge is 2.34. The first-order chi connectivity index (χ1) is 9.88. The maximum Gasteiger partial charge on any atom is 0.435 e. The van der Waals surface area contributed by atoms with Crippen LogP contribution in [0.1, 0.15) is 49.0 Å². The number of ketones is 1. The lowest BCUT2D eigenvalue weighted by molar-refractivity contribution is -0.141. The van der Waals surface area contributed by atoms with Gasteiger partial charge in [-0.05, 0) is 25.3 Å². The van der Waals surface area contributed by atoms with Crippen molar-refractivity contribution in [1.29, 1.82) is 0 Å². The van der Waals surface area contributed by atoms with E-state index >= 15 is 0 Å². The highest BCUT2D eigenvalue weighted by Crippen LogP contribution is 2.27. The molecule has 0 aliphatic heterocycles. The third-order valence-corrected chi connectivity index (χ3v) is 3.33. The van der Waals surface area contributed by atoms with Crippen molar-refractivity contribution in [2.24, 2.45) is 0 Å². The molecular weight excluding hydrogens is 285 g/mol. The van der Waals surface area contributed by atoms with Gasteiger partial charge in [-0.2, -0.15) is 18.3 Å². The van der Waals surface area contributed by atoms with E-state index in [1.54, 1.807) is 6.08 Å². The number of nitrogens with zero attached hydrogens (tertiary/aromatic N) is 2. The summed E-state index contributed by atoms with van der Waals surface area (Å²) in [6.45, 7) is 0. The molecule has 0 unspecified atom stereocenters. The number of rotatable bonds is 2. The second-order valence-electron chi connectivity index (χ2n) is 4.97. The van der Waals surface area contributed by atoms with Crippen LogP contribution in [0.4, 0.5) is 13.2 Å². The Balaban J connectivity index is 2.09. The van der Waals surface area contributed by atoms with Gasteiger partial charge in [0.15, 0.2) is 11.5 Å². The monoisotopic (exact) mass is 300 g/mol. The van der Waals surface area contributed by atoms with Crippen LogP contribution in [-0.2, 0) is 11.0 Å². The van der Waals surface area contributed by atoms with Gasteiger partial charge in [-0.15, -0.1) is 0 Å². The summed E-state index contributed by atoms with van der Waals surface area (Å²) in [5.41, 5.74) is -0.738. The summed E-state index contributed by atoms with van der Waals surface area (Å²) in [5.74, 6) is -0.739. The fourth-order valence-corrected chi connectivity index (χ4v) is 2.19. The van der Waals surface area contributed by atoms with Gasteiger partial charge in [0.05, 0.1) is 6.42 Å². The van der Waals surface area contributed by atoms with Gasteiger partial charge in [-0.1, -0.05) is 12.5 Å². The Morgan fingerprint density at radius 3 is 2.71 bits per heavy atom. The highest BCUT2D eigenvalue weighted by atomic mass is 19.4. The summed E-state index contributed by atoms with van der Waals surface area (Å²) >= 11 is 0. The molecule has 0 fully saturated rings. The van der Waals surface area contributed by atoms with Crippen molar-refractivity contribution in [2.45, 2.75) is 44.7 Å². The normalized spacial score (nSPS) is 17.1. The molecule has 1 aromatic heterocycles. The fraction of sp³-hybridized carbons (Fsp3) is 0.500. The molecule has 1 aliphatic rings. The Bertz CT molecular complexity index is 573.